The number of hydrogen-bond donors (Lipinski definition) is 1. The van der Waals surface area contributed by atoms with Crippen molar-refractivity contribution in [2.45, 2.75) is 13.0 Å². The Morgan fingerprint density at radius 2 is 1.78 bits per heavy atom. The summed E-state index contributed by atoms with van der Waals surface area (Å²) >= 11 is 3.38. The van der Waals surface area contributed by atoms with Gasteiger partial charge in [-0.1, -0.05) is 18.2 Å². The van der Waals surface area contributed by atoms with Gasteiger partial charge in [-0.2, -0.15) is 0 Å². The molecule has 1 unspecified atom stereocenters. The largest absolute Gasteiger partial charge is 0.456 e. The number of nitrogens with two attached hydrogens (primary N) is 1. The Hall–Kier alpha value is -1.39. The second-order valence-corrected chi connectivity index (χ2v) is 4.83. The highest BCUT2D eigenvalue weighted by atomic mass is 79.9. The molecule has 2 N–H and O–H groups in total. The fraction of sp³-hybridized carbons (Fsp3) is 0.143. The molecule has 2 rings (SSSR count). The summed E-state index contributed by atoms with van der Waals surface area (Å²) in [7, 11) is 0. The number of para-hydroxylation sites is 1. The van der Waals surface area contributed by atoms with Crippen LogP contribution in [0.5, 0.6) is 11.5 Å². The lowest BCUT2D eigenvalue weighted by Gasteiger charge is -2.15. The molecule has 0 aliphatic rings. The highest BCUT2D eigenvalue weighted by Gasteiger charge is 2.14. The highest BCUT2D eigenvalue weighted by Crippen LogP contribution is 2.34. The number of rotatable bonds is 3. The maximum Gasteiger partial charge on any atom is 0.141 e. The molecule has 0 amide bonds. The maximum atomic E-state index is 13.7. The molecule has 2 nitrogen and oxygen atoms in total. The van der Waals surface area contributed by atoms with E-state index in [1.807, 2.05) is 18.2 Å². The van der Waals surface area contributed by atoms with Crippen molar-refractivity contribution >= 4 is 15.9 Å². The Balaban J connectivity index is 2.41. The molecule has 2 aromatic rings. The van der Waals surface area contributed by atoms with E-state index in [4.69, 9.17) is 10.5 Å². The fourth-order valence-electron chi connectivity index (χ4n) is 1.69. The fourth-order valence-corrected chi connectivity index (χ4v) is 2.06. The molecular weight excluding hydrogens is 297 g/mol. The zero-order chi connectivity index (χ0) is 13.1. The smallest absolute Gasteiger partial charge is 0.141 e. The van der Waals surface area contributed by atoms with Crippen LogP contribution in [0.25, 0.3) is 0 Å². The summed E-state index contributed by atoms with van der Waals surface area (Å²) in [5.41, 5.74) is 6.16. The lowest BCUT2D eigenvalue weighted by molar-refractivity contribution is 0.458. The van der Waals surface area contributed by atoms with Gasteiger partial charge in [-0.3, -0.25) is 0 Å². The van der Waals surface area contributed by atoms with Gasteiger partial charge in [0.05, 0.1) is 4.47 Å². The molecule has 0 bridgehead atoms. The highest BCUT2D eigenvalue weighted by molar-refractivity contribution is 9.10. The van der Waals surface area contributed by atoms with Crippen molar-refractivity contribution in [1.29, 1.82) is 0 Å². The molecule has 0 fully saturated rings. The SMILES string of the molecule is CC(N)c1c(F)cccc1Oc1ccccc1Br. The summed E-state index contributed by atoms with van der Waals surface area (Å²) in [6, 6.07) is 11.7. The number of ether oxygens (including phenoxy) is 1. The summed E-state index contributed by atoms with van der Waals surface area (Å²) in [6.07, 6.45) is 0. The van der Waals surface area contributed by atoms with E-state index in [0.29, 0.717) is 17.1 Å². The van der Waals surface area contributed by atoms with E-state index in [2.05, 4.69) is 15.9 Å². The van der Waals surface area contributed by atoms with Crippen LogP contribution >= 0.6 is 15.9 Å². The summed E-state index contributed by atoms with van der Waals surface area (Å²) in [4.78, 5) is 0. The molecule has 0 spiro atoms. The maximum absolute atomic E-state index is 13.7. The molecule has 0 aliphatic carbocycles. The van der Waals surface area contributed by atoms with Gasteiger partial charge in [0.2, 0.25) is 0 Å². The Labute approximate surface area is 114 Å². The lowest BCUT2D eigenvalue weighted by atomic mass is 10.1. The average molecular weight is 310 g/mol. The van der Waals surface area contributed by atoms with Crippen molar-refractivity contribution in [3.63, 3.8) is 0 Å². The van der Waals surface area contributed by atoms with Crippen LogP contribution in [0.15, 0.2) is 46.9 Å². The van der Waals surface area contributed by atoms with Crippen molar-refractivity contribution < 1.29 is 9.13 Å². The first kappa shape index (κ1) is 13.1. The van der Waals surface area contributed by atoms with Gasteiger partial charge in [-0.25, -0.2) is 4.39 Å². The molecule has 0 aliphatic heterocycles. The van der Waals surface area contributed by atoms with E-state index in [1.165, 1.54) is 6.07 Å². The zero-order valence-corrected chi connectivity index (χ0v) is 11.4. The molecule has 0 radical (unpaired) electrons. The summed E-state index contributed by atoms with van der Waals surface area (Å²) in [5, 5.41) is 0. The first-order valence-electron chi connectivity index (χ1n) is 5.56. The molecule has 94 valence electrons. The lowest BCUT2D eigenvalue weighted by Crippen LogP contribution is -2.09. The zero-order valence-electron chi connectivity index (χ0n) is 9.86. The van der Waals surface area contributed by atoms with E-state index < -0.39 is 6.04 Å². The predicted octanol–water partition coefficient (Wildman–Crippen LogP) is 4.40. The van der Waals surface area contributed by atoms with Crippen molar-refractivity contribution in [3.05, 3.63) is 58.3 Å². The first-order valence-corrected chi connectivity index (χ1v) is 6.35. The van der Waals surface area contributed by atoms with Crippen LogP contribution in [-0.2, 0) is 0 Å². The number of benzene rings is 2. The van der Waals surface area contributed by atoms with Crippen molar-refractivity contribution in [1.82, 2.24) is 0 Å². The van der Waals surface area contributed by atoms with Gasteiger partial charge in [0, 0.05) is 11.6 Å². The Bertz CT molecular complexity index is 557. The van der Waals surface area contributed by atoms with Gasteiger partial charge in [0.15, 0.2) is 0 Å². The van der Waals surface area contributed by atoms with Crippen LogP contribution in [0.4, 0.5) is 4.39 Å². The summed E-state index contributed by atoms with van der Waals surface area (Å²) in [6.45, 7) is 1.73. The van der Waals surface area contributed by atoms with Crippen LogP contribution in [0.3, 0.4) is 0 Å². The molecule has 0 aromatic heterocycles. The monoisotopic (exact) mass is 309 g/mol. The minimum absolute atomic E-state index is 0.352. The van der Waals surface area contributed by atoms with E-state index in [9.17, 15) is 4.39 Å². The van der Waals surface area contributed by atoms with E-state index in [-0.39, 0.29) is 5.82 Å². The second-order valence-electron chi connectivity index (χ2n) is 3.97. The second kappa shape index (κ2) is 5.50. The minimum Gasteiger partial charge on any atom is -0.456 e. The molecule has 0 saturated carbocycles. The molecule has 4 heteroatoms. The van der Waals surface area contributed by atoms with Gasteiger partial charge in [0.1, 0.15) is 17.3 Å². The quantitative estimate of drug-likeness (QED) is 0.912. The molecule has 2 aromatic carbocycles. The molecule has 1 atom stereocenters. The molecule has 0 saturated heterocycles. The van der Waals surface area contributed by atoms with E-state index >= 15 is 0 Å². The third-order valence-corrected chi connectivity index (χ3v) is 3.18. The van der Waals surface area contributed by atoms with Crippen LogP contribution in [-0.4, -0.2) is 0 Å². The van der Waals surface area contributed by atoms with Crippen LogP contribution in [0.2, 0.25) is 0 Å². The van der Waals surface area contributed by atoms with E-state index in [0.717, 1.165) is 4.47 Å². The van der Waals surface area contributed by atoms with Crippen molar-refractivity contribution in [3.8, 4) is 11.5 Å². The molecular formula is C14H13BrFNO. The normalized spacial score (nSPS) is 12.2. The molecule has 0 heterocycles. The minimum atomic E-state index is -0.427. The number of halogens is 2. The third kappa shape index (κ3) is 2.71. The summed E-state index contributed by atoms with van der Waals surface area (Å²) in [5.74, 6) is 0.719. The Kier molecular flexibility index (Phi) is 3.99. The van der Waals surface area contributed by atoms with Gasteiger partial charge in [0.25, 0.3) is 0 Å². The van der Waals surface area contributed by atoms with Gasteiger partial charge >= 0.3 is 0 Å². The third-order valence-electron chi connectivity index (χ3n) is 2.52. The van der Waals surface area contributed by atoms with Crippen molar-refractivity contribution in [2.24, 2.45) is 5.73 Å². The number of hydrogen-bond acceptors (Lipinski definition) is 2. The van der Waals surface area contributed by atoms with Gasteiger partial charge < -0.3 is 10.5 Å². The van der Waals surface area contributed by atoms with E-state index in [1.54, 1.807) is 25.1 Å². The Morgan fingerprint density at radius 3 is 2.44 bits per heavy atom. The van der Waals surface area contributed by atoms with Crippen LogP contribution < -0.4 is 10.5 Å². The Morgan fingerprint density at radius 1 is 1.11 bits per heavy atom. The van der Waals surface area contributed by atoms with Gasteiger partial charge in [-0.05, 0) is 47.1 Å². The van der Waals surface area contributed by atoms with Crippen LogP contribution in [0.1, 0.15) is 18.5 Å². The standard InChI is InChI=1S/C14H13BrFNO/c1-9(17)14-11(16)6-4-8-13(14)18-12-7-3-2-5-10(12)15/h2-9H,17H2,1H3. The van der Waals surface area contributed by atoms with Gasteiger partial charge in [-0.15, -0.1) is 0 Å². The van der Waals surface area contributed by atoms with Crippen LogP contribution in [0, 0.1) is 5.82 Å². The molecule has 18 heavy (non-hydrogen) atoms. The first-order chi connectivity index (χ1) is 8.59. The summed E-state index contributed by atoms with van der Waals surface area (Å²) < 4.78 is 20.3. The topological polar surface area (TPSA) is 35.2 Å². The van der Waals surface area contributed by atoms with Crippen molar-refractivity contribution in [2.75, 3.05) is 0 Å². The average Bonchev–Trinajstić information content (AvgIpc) is 2.31. The predicted molar refractivity (Wildman–Crippen MR) is 73.2 cm³/mol.